The normalized spacial score (nSPS) is 15.6. The van der Waals surface area contributed by atoms with Gasteiger partial charge < -0.3 is 24.6 Å². The van der Waals surface area contributed by atoms with Crippen LogP contribution in [-0.2, 0) is 21.1 Å². The van der Waals surface area contributed by atoms with Gasteiger partial charge in [-0.3, -0.25) is 4.98 Å². The van der Waals surface area contributed by atoms with Gasteiger partial charge in [-0.2, -0.15) is 0 Å². The average Bonchev–Trinajstić information content (AvgIpc) is 3.92. The van der Waals surface area contributed by atoms with Crippen LogP contribution in [0.2, 0.25) is 0 Å². The van der Waals surface area contributed by atoms with Crippen LogP contribution < -0.4 is 24.6 Å². The molecule has 0 atom stereocenters. The summed E-state index contributed by atoms with van der Waals surface area (Å²) in [5, 5.41) is 2.39. The Morgan fingerprint density at radius 3 is 1.69 bits per heavy atom. The molecule has 0 aliphatic carbocycles. The fourth-order valence-corrected chi connectivity index (χ4v) is 6.99. The Kier molecular flexibility index (Phi) is 8.67. The van der Waals surface area contributed by atoms with Gasteiger partial charge in [0.25, 0.3) is 0 Å². The molecule has 0 radical (unpaired) electrons. The van der Waals surface area contributed by atoms with Crippen molar-refractivity contribution in [3.8, 4) is 11.1 Å². The van der Waals surface area contributed by atoms with Crippen molar-refractivity contribution in [3.05, 3.63) is 128 Å². The van der Waals surface area contributed by atoms with Crippen molar-refractivity contribution < 1.29 is 29.3 Å². The van der Waals surface area contributed by atoms with Crippen molar-refractivity contribution >= 4 is 56.5 Å². The summed E-state index contributed by atoms with van der Waals surface area (Å²) in [5.74, 6) is 1.75. The fraction of sp³-hybridized carbons (Fsp3) is 0.250. The largest absolute Gasteiger partial charge is 4.00 e. The molecule has 0 bridgehead atoms. The maximum Gasteiger partial charge on any atom is 4.00 e. The summed E-state index contributed by atoms with van der Waals surface area (Å²) in [6, 6.07) is 22.1. The van der Waals surface area contributed by atoms with Crippen molar-refractivity contribution in [2.45, 2.75) is 59.3 Å². The summed E-state index contributed by atoms with van der Waals surface area (Å²) in [5.41, 5.74) is 8.53. The number of rotatable bonds is 6. The molecule has 0 amide bonds. The molecule has 10 nitrogen and oxygen atoms in total. The number of hydrogen-bond acceptors (Lipinski definition) is 9. The minimum absolute atomic E-state index is 0. The molecule has 0 spiro atoms. The molecule has 6 heterocycles. The first kappa shape index (κ1) is 30.9. The summed E-state index contributed by atoms with van der Waals surface area (Å²) in [4.78, 5) is 31.7. The molecule has 0 N–H and O–H groups in total. The van der Waals surface area contributed by atoms with E-state index in [1.54, 1.807) is 22.2 Å². The van der Waals surface area contributed by atoms with Crippen LogP contribution in [0.3, 0.4) is 0 Å². The Morgan fingerprint density at radius 2 is 1.16 bits per heavy atom. The van der Waals surface area contributed by atoms with Crippen LogP contribution in [0.25, 0.3) is 32.9 Å². The number of benzene rings is 3. The number of aromatic nitrogens is 6. The minimum Gasteiger partial charge on any atom is -0.656 e. The number of hydrogen-bond donors (Lipinski definition) is 0. The van der Waals surface area contributed by atoms with Crippen molar-refractivity contribution in [1.82, 2.24) is 29.9 Å². The molecule has 9 rings (SSSR count). The van der Waals surface area contributed by atoms with Gasteiger partial charge >= 0.3 is 21.1 Å². The molecule has 3 aromatic carbocycles. The zero-order valence-electron chi connectivity index (χ0n) is 37.3. The Labute approximate surface area is 346 Å². The Morgan fingerprint density at radius 1 is 0.636 bits per heavy atom. The molecule has 55 heavy (non-hydrogen) atoms. The topological polar surface area (TPSA) is 91.5 Å². The van der Waals surface area contributed by atoms with Crippen LogP contribution in [0.15, 0.2) is 91.8 Å². The third-order valence-electron chi connectivity index (χ3n) is 9.71. The summed E-state index contributed by atoms with van der Waals surface area (Å²) in [7, 11) is 0. The maximum absolute atomic E-state index is 8.17. The molecule has 280 valence electrons. The van der Waals surface area contributed by atoms with E-state index in [0.29, 0.717) is 28.9 Å². The van der Waals surface area contributed by atoms with Crippen LogP contribution in [0.1, 0.15) is 84.2 Å². The Hall–Kier alpha value is -5.34. The molecular weight excluding hydrogens is 864 g/mol. The van der Waals surface area contributed by atoms with E-state index in [0.717, 1.165) is 32.0 Å². The molecule has 4 aromatic heterocycles. The molecule has 0 unspecified atom stereocenters. The fourth-order valence-electron chi connectivity index (χ4n) is 6.99. The van der Waals surface area contributed by atoms with Crippen LogP contribution in [0.5, 0.6) is 0 Å². The van der Waals surface area contributed by atoms with Gasteiger partial charge in [0, 0.05) is 45.4 Å². The van der Waals surface area contributed by atoms with Crippen molar-refractivity contribution in [3.63, 3.8) is 0 Å². The van der Waals surface area contributed by atoms with E-state index < -0.39 is 14.0 Å². The number of pyridine rings is 1. The van der Waals surface area contributed by atoms with Gasteiger partial charge in [-0.15, -0.1) is 59.5 Å². The van der Waals surface area contributed by atoms with Crippen LogP contribution in [-0.4, -0.2) is 38.9 Å². The van der Waals surface area contributed by atoms with Gasteiger partial charge in [0.2, 0.25) is 0 Å². The van der Waals surface area contributed by atoms with E-state index in [9.17, 15) is 0 Å². The second kappa shape index (κ2) is 15.4. The van der Waals surface area contributed by atoms with Gasteiger partial charge in [0.05, 0.1) is 0 Å². The monoisotopic (exact) mass is 913 g/mol. The summed E-state index contributed by atoms with van der Waals surface area (Å²) >= 11 is 0. The maximum atomic E-state index is 8.17. The number of fused-ring (bicyclic) bond motifs is 5. The van der Waals surface area contributed by atoms with Crippen LogP contribution in [0, 0.1) is 19.4 Å². The summed E-state index contributed by atoms with van der Waals surface area (Å²) in [6.07, 6.45) is 9.55. The van der Waals surface area contributed by atoms with Crippen molar-refractivity contribution in [1.29, 1.82) is 0 Å². The van der Waals surface area contributed by atoms with E-state index in [4.69, 9.17) is 8.22 Å². The average molecular weight is 914 g/mol. The molecule has 7 aromatic rings. The third kappa shape index (κ3) is 7.04. The molecule has 0 fully saturated rings. The zero-order valence-corrected chi connectivity index (χ0v) is 33.6. The van der Waals surface area contributed by atoms with E-state index in [1.807, 2.05) is 36.4 Å². The molecule has 2 aliphatic heterocycles. The van der Waals surface area contributed by atoms with Crippen molar-refractivity contribution in [2.75, 3.05) is 33.6 Å². The minimum atomic E-state index is -2.51. The summed E-state index contributed by atoms with van der Waals surface area (Å²) < 4.78 is 49.0. The molecule has 11 heteroatoms. The van der Waals surface area contributed by atoms with Gasteiger partial charge in [0.1, 0.15) is 23.3 Å². The van der Waals surface area contributed by atoms with E-state index >= 15 is 0 Å². The van der Waals surface area contributed by atoms with Crippen LogP contribution >= 0.6 is 0 Å². The Balaban J connectivity index is 0.000000337. The molecule has 0 saturated heterocycles. The molecule has 2 aliphatic rings. The quantitative estimate of drug-likeness (QED) is 0.150. The van der Waals surface area contributed by atoms with Gasteiger partial charge in [-0.1, -0.05) is 77.9 Å². The molecular formula is C44H44N10Pt. The standard InChI is InChI=1S/C33H37N8.C11H7N2.Pt/c1-20(2)23-15-27(21(3)4)29(28(16-23)22(5)6)24-13-25(40-18-38(7)30-32(40)36-11-9-34-30)17-26(14-24)41-19-39(8)31-33(41)37-12-10-35-31;1-2-4-10-8(3-1)9-5-6-12-7-11(9)13-10;/h9-16,18-22H,1-8H3;1-7H;/q-3;-1;+4/i7D3,8D3;;. The first-order valence-corrected chi connectivity index (χ1v) is 18.0. The first-order valence-electron chi connectivity index (χ1n) is 21.0. The number of nitrogens with zero attached hydrogens (tertiary/aromatic N) is 10. The number of para-hydroxylation sites is 1. The van der Waals surface area contributed by atoms with E-state index in [-0.39, 0.29) is 44.5 Å². The van der Waals surface area contributed by atoms with E-state index in [2.05, 4.69) is 95.7 Å². The van der Waals surface area contributed by atoms with E-state index in [1.165, 1.54) is 65.6 Å². The predicted molar refractivity (Wildman–Crippen MR) is 219 cm³/mol. The van der Waals surface area contributed by atoms with Gasteiger partial charge in [-0.25, -0.2) is 19.9 Å². The molecule has 0 saturated carbocycles. The second-order valence-corrected chi connectivity index (χ2v) is 14.3. The third-order valence-corrected chi connectivity index (χ3v) is 9.71. The smallest absolute Gasteiger partial charge is 0.656 e. The first-order chi connectivity index (χ1) is 28.5. The second-order valence-electron chi connectivity index (χ2n) is 14.3. The van der Waals surface area contributed by atoms with Gasteiger partial charge in [0.15, 0.2) is 0 Å². The van der Waals surface area contributed by atoms with Gasteiger partial charge in [-0.05, 0) is 70.8 Å². The zero-order chi connectivity index (χ0) is 42.7. The van der Waals surface area contributed by atoms with Crippen LogP contribution in [0.4, 0.5) is 34.6 Å². The number of anilines is 6. The Bertz CT molecular complexity index is 2530. The SMILES string of the molecule is [2H]C([2H])([2H])N1[CH-]N(c2[c-]c(N3[CH-]N(C([2H])([2H])[2H])c4nccnc43)cc(-c3c(C(C)C)cc(C(C)C)cc3C(C)C)c2)c2nccnc21.[Pt+4].c1ccc2c(c1)[n-]c1cnccc12. The van der Waals surface area contributed by atoms with Crippen molar-refractivity contribution in [2.24, 2.45) is 0 Å². The predicted octanol–water partition coefficient (Wildman–Crippen LogP) is 9.86. The summed E-state index contributed by atoms with van der Waals surface area (Å²) in [6.45, 7) is 11.0.